The Morgan fingerprint density at radius 3 is 2.70 bits per heavy atom. The molecule has 11 heteroatoms. The maximum atomic E-state index is 10.6. The molecule has 0 saturated carbocycles. The Morgan fingerprint density at radius 1 is 1.18 bits per heavy atom. The van der Waals surface area contributed by atoms with Crippen LogP contribution in [0.4, 0.5) is 0 Å². The fourth-order valence-electron chi connectivity index (χ4n) is 3.70. The van der Waals surface area contributed by atoms with Gasteiger partial charge in [0.1, 0.15) is 42.0 Å². The van der Waals surface area contributed by atoms with Gasteiger partial charge >= 0.3 is 0 Å². The van der Waals surface area contributed by atoms with E-state index in [4.69, 9.17) is 25.5 Å². The number of hydrogen-bond acceptors (Lipinski definition) is 9. The number of rotatable bonds is 8. The summed E-state index contributed by atoms with van der Waals surface area (Å²) in [5.74, 6) is 1.10. The van der Waals surface area contributed by atoms with E-state index < -0.39 is 37.1 Å². The average molecular weight is 561 g/mol. The molecule has 3 aromatic rings. The van der Waals surface area contributed by atoms with Gasteiger partial charge in [0.25, 0.3) is 0 Å². The Hall–Kier alpha value is -1.50. The highest BCUT2D eigenvalue weighted by atomic mass is 79.9. The molecule has 3 heterocycles. The van der Waals surface area contributed by atoms with Gasteiger partial charge in [0, 0.05) is 28.5 Å². The number of aliphatic hydroxyl groups is 4. The first-order chi connectivity index (χ1) is 15.9. The topological polar surface area (TPSA) is 125 Å². The molecule has 2 aromatic heterocycles. The maximum absolute atomic E-state index is 10.6. The number of nitrogens with zero attached hydrogens (tertiary/aromatic N) is 1. The molecular formula is C22H23BrClNO7S. The predicted octanol–water partition coefficient (Wildman–Crippen LogP) is 2.94. The third-order valence-electron chi connectivity index (χ3n) is 5.37. The monoisotopic (exact) mass is 559 g/mol. The molecule has 0 unspecified atom stereocenters. The number of halogens is 2. The molecule has 1 saturated heterocycles. The zero-order chi connectivity index (χ0) is 23.5. The quantitative estimate of drug-likeness (QED) is 0.310. The molecule has 8 nitrogen and oxygen atoms in total. The van der Waals surface area contributed by atoms with Gasteiger partial charge in [0.2, 0.25) is 0 Å². The summed E-state index contributed by atoms with van der Waals surface area (Å²) in [6, 6.07) is 7.05. The fourth-order valence-corrected chi connectivity index (χ4v) is 4.99. The largest absolute Gasteiger partial charge is 0.492 e. The minimum atomic E-state index is -1.50. The molecule has 178 valence electrons. The molecule has 1 aliphatic heterocycles. The lowest BCUT2D eigenvalue weighted by atomic mass is 9.90. The van der Waals surface area contributed by atoms with Gasteiger partial charge in [-0.15, -0.1) is 11.3 Å². The van der Waals surface area contributed by atoms with E-state index in [1.165, 1.54) is 11.3 Å². The molecular weight excluding hydrogens is 538 g/mol. The summed E-state index contributed by atoms with van der Waals surface area (Å²) >= 11 is 11.3. The van der Waals surface area contributed by atoms with Crippen LogP contribution in [-0.2, 0) is 11.2 Å². The maximum Gasteiger partial charge on any atom is 0.145 e. The smallest absolute Gasteiger partial charge is 0.145 e. The van der Waals surface area contributed by atoms with Crippen molar-refractivity contribution in [2.75, 3.05) is 18.5 Å². The van der Waals surface area contributed by atoms with Crippen molar-refractivity contribution in [3.63, 3.8) is 0 Å². The van der Waals surface area contributed by atoms with E-state index in [2.05, 4.69) is 20.9 Å². The van der Waals surface area contributed by atoms with Crippen LogP contribution < -0.4 is 4.74 Å². The van der Waals surface area contributed by atoms with E-state index in [0.29, 0.717) is 34.7 Å². The van der Waals surface area contributed by atoms with E-state index in [1.54, 1.807) is 24.6 Å². The molecule has 4 rings (SSSR count). The van der Waals surface area contributed by atoms with Crippen molar-refractivity contribution in [1.82, 2.24) is 4.98 Å². The van der Waals surface area contributed by atoms with Crippen molar-refractivity contribution >= 4 is 38.9 Å². The van der Waals surface area contributed by atoms with E-state index >= 15 is 0 Å². The van der Waals surface area contributed by atoms with Crippen molar-refractivity contribution in [2.45, 2.75) is 36.9 Å². The zero-order valence-corrected chi connectivity index (χ0v) is 20.5. The second-order valence-electron chi connectivity index (χ2n) is 7.54. The molecule has 0 aliphatic carbocycles. The first kappa shape index (κ1) is 24.6. The van der Waals surface area contributed by atoms with Gasteiger partial charge in [-0.05, 0) is 29.8 Å². The van der Waals surface area contributed by atoms with Crippen molar-refractivity contribution in [1.29, 1.82) is 0 Å². The lowest BCUT2D eigenvalue weighted by Crippen LogP contribution is -2.55. The molecule has 33 heavy (non-hydrogen) atoms. The molecule has 4 N–H and O–H groups in total. The van der Waals surface area contributed by atoms with Gasteiger partial charge < -0.3 is 34.3 Å². The molecule has 0 bridgehead atoms. The highest BCUT2D eigenvalue weighted by molar-refractivity contribution is 9.09. The fraction of sp³-hybridized carbons (Fsp3) is 0.409. The number of furan rings is 1. The summed E-state index contributed by atoms with van der Waals surface area (Å²) in [4.78, 5) is 5.35. The molecule has 1 fully saturated rings. The number of hydrogen-bond donors (Lipinski definition) is 4. The number of thiazole rings is 1. The summed E-state index contributed by atoms with van der Waals surface area (Å²) in [5.41, 5.74) is 1.17. The lowest BCUT2D eigenvalue weighted by molar-refractivity contribution is -0.232. The lowest BCUT2D eigenvalue weighted by Gasteiger charge is -2.40. The Bertz CT molecular complexity index is 1060. The van der Waals surface area contributed by atoms with Crippen LogP contribution in [0.3, 0.4) is 0 Å². The Kier molecular flexibility index (Phi) is 8.08. The van der Waals surface area contributed by atoms with Crippen molar-refractivity contribution in [3.05, 3.63) is 57.9 Å². The standard InChI is InChI=1S/C22H23BrClNO7S/c23-3-5-31-15-8-13(24)11(7-18-25-9-17(33-18)14-2-1-4-30-14)6-12(15)22-21(29)20(28)19(27)16(10-26)32-22/h1-2,4,6,8-9,16,19-22,26-29H,3,5,7,10H2/t16-,19-,20+,21-,22+/m1/s1. The van der Waals surface area contributed by atoms with Crippen LogP contribution in [0.5, 0.6) is 5.75 Å². The van der Waals surface area contributed by atoms with Crippen LogP contribution in [0, 0.1) is 0 Å². The van der Waals surface area contributed by atoms with Gasteiger partial charge in [-0.25, -0.2) is 4.98 Å². The summed E-state index contributed by atoms with van der Waals surface area (Å²) in [5, 5.41) is 42.4. The average Bonchev–Trinajstić information content (AvgIpc) is 3.50. The van der Waals surface area contributed by atoms with E-state index in [9.17, 15) is 20.4 Å². The molecule has 5 atom stereocenters. The number of alkyl halides is 1. The predicted molar refractivity (Wildman–Crippen MR) is 126 cm³/mol. The molecule has 0 amide bonds. The number of aliphatic hydroxyl groups excluding tert-OH is 4. The summed E-state index contributed by atoms with van der Waals surface area (Å²) < 4.78 is 17.0. The molecule has 1 aromatic carbocycles. The van der Waals surface area contributed by atoms with Crippen LogP contribution in [0.25, 0.3) is 10.6 Å². The minimum Gasteiger partial charge on any atom is -0.492 e. The first-order valence-corrected chi connectivity index (χ1v) is 12.5. The van der Waals surface area contributed by atoms with E-state index in [0.717, 1.165) is 21.2 Å². The van der Waals surface area contributed by atoms with E-state index in [-0.39, 0.29) is 0 Å². The normalized spacial score (nSPS) is 25.3. The van der Waals surface area contributed by atoms with Crippen LogP contribution in [0.1, 0.15) is 22.2 Å². The van der Waals surface area contributed by atoms with Gasteiger partial charge in [0.05, 0.1) is 29.4 Å². The third kappa shape index (κ3) is 5.28. The van der Waals surface area contributed by atoms with E-state index in [1.807, 2.05) is 12.1 Å². The second-order valence-corrected chi connectivity index (χ2v) is 9.86. The Morgan fingerprint density at radius 2 is 2.00 bits per heavy atom. The van der Waals surface area contributed by atoms with Gasteiger partial charge in [0.15, 0.2) is 0 Å². The Balaban J connectivity index is 1.67. The van der Waals surface area contributed by atoms with Crippen molar-refractivity contribution < 1.29 is 34.3 Å². The number of ether oxygens (including phenoxy) is 2. The molecule has 0 radical (unpaired) electrons. The van der Waals surface area contributed by atoms with Gasteiger partial charge in [-0.2, -0.15) is 0 Å². The summed E-state index contributed by atoms with van der Waals surface area (Å²) in [6.07, 6.45) is -2.72. The zero-order valence-electron chi connectivity index (χ0n) is 17.3. The van der Waals surface area contributed by atoms with Gasteiger partial charge in [-0.1, -0.05) is 27.5 Å². The van der Waals surface area contributed by atoms with Crippen molar-refractivity contribution in [3.8, 4) is 16.4 Å². The van der Waals surface area contributed by atoms with Crippen LogP contribution >= 0.6 is 38.9 Å². The van der Waals surface area contributed by atoms with Gasteiger partial charge in [-0.3, -0.25) is 0 Å². The first-order valence-electron chi connectivity index (χ1n) is 10.2. The summed E-state index contributed by atoms with van der Waals surface area (Å²) in [6.45, 7) is -0.187. The second kappa shape index (κ2) is 10.8. The number of benzene rings is 1. The highest BCUT2D eigenvalue weighted by Gasteiger charge is 2.45. The van der Waals surface area contributed by atoms with Crippen LogP contribution in [-0.4, -0.2) is 68.4 Å². The SMILES string of the molecule is OC[C@H]1O[C@@H](c2cc(Cc3ncc(-c4ccco4)s3)c(Cl)cc2OCCBr)[C@H](O)[C@@H](O)[C@@H]1O. The van der Waals surface area contributed by atoms with Crippen molar-refractivity contribution in [2.24, 2.45) is 0 Å². The Labute approximate surface area is 207 Å². The van der Waals surface area contributed by atoms with Crippen LogP contribution in [0.15, 0.2) is 41.1 Å². The highest BCUT2D eigenvalue weighted by Crippen LogP contribution is 2.40. The van der Waals surface area contributed by atoms with Crippen LogP contribution in [0.2, 0.25) is 5.02 Å². The molecule has 1 aliphatic rings. The number of aromatic nitrogens is 1. The molecule has 0 spiro atoms. The minimum absolute atomic E-state index is 0.332. The third-order valence-corrected chi connectivity index (χ3v) is 7.06. The summed E-state index contributed by atoms with van der Waals surface area (Å²) in [7, 11) is 0.